The van der Waals surface area contributed by atoms with Gasteiger partial charge in [0, 0.05) is 6.20 Å². The number of hydrogen-bond acceptors (Lipinski definition) is 4. The van der Waals surface area contributed by atoms with E-state index in [2.05, 4.69) is 9.97 Å². The normalized spacial score (nSPS) is 10.3. The Bertz CT molecular complexity index is 497. The largest absolute Gasteiger partial charge is 0.388 e. The highest BCUT2D eigenvalue weighted by atomic mass is 16.3. The summed E-state index contributed by atoms with van der Waals surface area (Å²) in [4.78, 5) is 8.26. The van der Waals surface area contributed by atoms with Crippen molar-refractivity contribution >= 4 is 11.2 Å². The maximum atomic E-state index is 9.03. The van der Waals surface area contributed by atoms with Crippen molar-refractivity contribution in [3.8, 4) is 6.07 Å². The molecule has 0 saturated heterocycles. The van der Waals surface area contributed by atoms with Gasteiger partial charge in [-0.05, 0) is 12.1 Å². The molecule has 0 aliphatic rings. The van der Waals surface area contributed by atoms with Crippen molar-refractivity contribution in [2.45, 2.75) is 13.2 Å². The van der Waals surface area contributed by atoms with E-state index in [1.807, 2.05) is 6.07 Å². The lowest BCUT2D eigenvalue weighted by molar-refractivity contribution is 0.267. The number of aliphatic hydroxyl groups is 1. The highest BCUT2D eigenvalue weighted by Gasteiger charge is 2.09. The van der Waals surface area contributed by atoms with E-state index in [4.69, 9.17) is 10.4 Å². The van der Waals surface area contributed by atoms with Crippen LogP contribution in [0, 0.1) is 11.3 Å². The zero-order valence-electron chi connectivity index (χ0n) is 7.38. The van der Waals surface area contributed by atoms with Crippen LogP contribution in [0.15, 0.2) is 18.3 Å². The number of aliphatic hydroxyl groups excluding tert-OH is 1. The van der Waals surface area contributed by atoms with Crippen LogP contribution in [0.3, 0.4) is 0 Å². The summed E-state index contributed by atoms with van der Waals surface area (Å²) in [6.07, 6.45) is 1.64. The maximum Gasteiger partial charge on any atom is 0.160 e. The van der Waals surface area contributed by atoms with Crippen molar-refractivity contribution in [1.29, 1.82) is 5.26 Å². The first-order valence-electron chi connectivity index (χ1n) is 4.14. The van der Waals surface area contributed by atoms with E-state index in [-0.39, 0.29) is 13.2 Å². The van der Waals surface area contributed by atoms with Crippen molar-refractivity contribution in [2.24, 2.45) is 0 Å². The van der Waals surface area contributed by atoms with Gasteiger partial charge in [-0.1, -0.05) is 0 Å². The van der Waals surface area contributed by atoms with E-state index in [1.165, 1.54) is 0 Å². The fourth-order valence-corrected chi connectivity index (χ4v) is 1.36. The lowest BCUT2D eigenvalue weighted by Gasteiger charge is -1.99. The highest BCUT2D eigenvalue weighted by Crippen LogP contribution is 2.12. The Hall–Kier alpha value is -1.93. The number of hydrogen-bond donors (Lipinski definition) is 1. The van der Waals surface area contributed by atoms with Gasteiger partial charge in [0.25, 0.3) is 0 Å². The van der Waals surface area contributed by atoms with Gasteiger partial charge >= 0.3 is 0 Å². The molecule has 2 heterocycles. The van der Waals surface area contributed by atoms with Crippen LogP contribution in [0.4, 0.5) is 0 Å². The molecule has 0 spiro atoms. The van der Waals surface area contributed by atoms with E-state index in [9.17, 15) is 0 Å². The summed E-state index contributed by atoms with van der Waals surface area (Å²) in [6.45, 7) is -0.0263. The molecule has 14 heavy (non-hydrogen) atoms. The maximum absolute atomic E-state index is 9.03. The number of aromatic nitrogens is 3. The van der Waals surface area contributed by atoms with Gasteiger partial charge < -0.3 is 5.11 Å². The van der Waals surface area contributed by atoms with Crippen LogP contribution in [-0.4, -0.2) is 19.6 Å². The summed E-state index contributed by atoms with van der Waals surface area (Å²) in [5.41, 5.74) is 1.34. The van der Waals surface area contributed by atoms with Gasteiger partial charge in [-0.15, -0.1) is 0 Å². The van der Waals surface area contributed by atoms with Crippen LogP contribution in [0.5, 0.6) is 0 Å². The molecule has 5 heteroatoms. The molecule has 0 aliphatic heterocycles. The Labute approximate surface area is 80.3 Å². The first-order chi connectivity index (χ1) is 6.86. The van der Waals surface area contributed by atoms with Gasteiger partial charge in [-0.3, -0.25) is 4.57 Å². The van der Waals surface area contributed by atoms with Crippen LogP contribution in [-0.2, 0) is 13.2 Å². The number of rotatable bonds is 2. The molecule has 0 radical (unpaired) electrons. The molecule has 0 saturated carbocycles. The number of nitrogens with zero attached hydrogens (tertiary/aromatic N) is 4. The predicted octanol–water partition coefficient (Wildman–Crippen LogP) is 0.447. The summed E-state index contributed by atoms with van der Waals surface area (Å²) < 4.78 is 1.61. The summed E-state index contributed by atoms with van der Waals surface area (Å²) in [5.74, 6) is 0.472. The van der Waals surface area contributed by atoms with Gasteiger partial charge in [-0.25, -0.2) is 9.97 Å². The molecule has 0 atom stereocenters. The van der Waals surface area contributed by atoms with Gasteiger partial charge in [0.1, 0.15) is 24.5 Å². The Kier molecular flexibility index (Phi) is 2.13. The van der Waals surface area contributed by atoms with Gasteiger partial charge in [0.2, 0.25) is 0 Å². The molecule has 0 aliphatic carbocycles. The monoisotopic (exact) mass is 188 g/mol. The summed E-state index contributed by atoms with van der Waals surface area (Å²) in [7, 11) is 0. The van der Waals surface area contributed by atoms with Crippen LogP contribution < -0.4 is 0 Å². The fraction of sp³-hybridized carbons (Fsp3) is 0.222. The molecular weight excluding hydrogens is 180 g/mol. The molecule has 2 rings (SSSR count). The van der Waals surface area contributed by atoms with E-state index in [0.29, 0.717) is 17.0 Å². The summed E-state index contributed by atoms with van der Waals surface area (Å²) >= 11 is 0. The Morgan fingerprint density at radius 3 is 3.14 bits per heavy atom. The first-order valence-corrected chi connectivity index (χ1v) is 4.14. The zero-order chi connectivity index (χ0) is 9.97. The fourth-order valence-electron chi connectivity index (χ4n) is 1.36. The van der Waals surface area contributed by atoms with Crippen molar-refractivity contribution in [3.63, 3.8) is 0 Å². The molecule has 0 bridgehead atoms. The molecule has 0 amide bonds. The average Bonchev–Trinajstić information content (AvgIpc) is 2.58. The summed E-state index contributed by atoms with van der Waals surface area (Å²) in [6, 6.07) is 5.58. The highest BCUT2D eigenvalue weighted by molar-refractivity contribution is 5.71. The predicted molar refractivity (Wildman–Crippen MR) is 49.1 cm³/mol. The SMILES string of the molecule is N#CCn1c(CO)nc2cccnc21. The van der Waals surface area contributed by atoms with Crippen LogP contribution in [0.1, 0.15) is 5.82 Å². The van der Waals surface area contributed by atoms with Crippen molar-refractivity contribution in [1.82, 2.24) is 14.5 Å². The minimum atomic E-state index is -0.183. The Balaban J connectivity index is 2.69. The quantitative estimate of drug-likeness (QED) is 0.742. The van der Waals surface area contributed by atoms with Crippen LogP contribution in [0.2, 0.25) is 0 Å². The number of pyridine rings is 1. The number of nitriles is 1. The van der Waals surface area contributed by atoms with Crippen molar-refractivity contribution in [3.05, 3.63) is 24.2 Å². The molecule has 0 aromatic carbocycles. The standard InChI is InChI=1S/C9H8N4O/c10-3-5-13-8(6-14)12-7-2-1-4-11-9(7)13/h1-2,4,14H,5-6H2. The van der Waals surface area contributed by atoms with Crippen molar-refractivity contribution < 1.29 is 5.11 Å². The van der Waals surface area contributed by atoms with Crippen LogP contribution >= 0.6 is 0 Å². The second-order valence-corrected chi connectivity index (χ2v) is 2.78. The smallest absolute Gasteiger partial charge is 0.160 e. The third kappa shape index (κ3) is 1.22. The van der Waals surface area contributed by atoms with Gasteiger partial charge in [-0.2, -0.15) is 5.26 Å². The zero-order valence-corrected chi connectivity index (χ0v) is 7.38. The number of fused-ring (bicyclic) bond motifs is 1. The summed E-state index contributed by atoms with van der Waals surface area (Å²) in [5, 5.41) is 17.6. The second kappa shape index (κ2) is 3.44. The Morgan fingerprint density at radius 1 is 1.57 bits per heavy atom. The van der Waals surface area contributed by atoms with Crippen LogP contribution in [0.25, 0.3) is 11.2 Å². The average molecular weight is 188 g/mol. The lowest BCUT2D eigenvalue weighted by atomic mass is 10.4. The molecule has 5 nitrogen and oxygen atoms in total. The third-order valence-electron chi connectivity index (χ3n) is 1.95. The lowest BCUT2D eigenvalue weighted by Crippen LogP contribution is -2.02. The molecule has 70 valence electrons. The molecule has 2 aromatic heterocycles. The van der Waals surface area contributed by atoms with E-state index >= 15 is 0 Å². The van der Waals surface area contributed by atoms with E-state index in [1.54, 1.807) is 22.9 Å². The topological polar surface area (TPSA) is 74.7 Å². The van der Waals surface area contributed by atoms with Gasteiger partial charge in [0.15, 0.2) is 5.65 Å². The minimum Gasteiger partial charge on any atom is -0.388 e. The van der Waals surface area contributed by atoms with E-state index < -0.39 is 0 Å². The molecule has 0 fully saturated rings. The van der Waals surface area contributed by atoms with Gasteiger partial charge in [0.05, 0.1) is 6.07 Å². The minimum absolute atomic E-state index is 0.156. The Morgan fingerprint density at radius 2 is 2.43 bits per heavy atom. The second-order valence-electron chi connectivity index (χ2n) is 2.78. The first kappa shape index (κ1) is 8.66. The van der Waals surface area contributed by atoms with Crippen molar-refractivity contribution in [2.75, 3.05) is 0 Å². The third-order valence-corrected chi connectivity index (χ3v) is 1.95. The molecule has 2 aromatic rings. The molecule has 1 N–H and O–H groups in total. The molecule has 0 unspecified atom stereocenters. The number of imidazole rings is 1. The van der Waals surface area contributed by atoms with E-state index in [0.717, 1.165) is 0 Å². The molecular formula is C9H8N4O.